The maximum Gasteiger partial charge on any atom is 0.255 e. The number of nitrogens with zero attached hydrogens (tertiary/aromatic N) is 2. The Bertz CT molecular complexity index is 274. The molecule has 0 aliphatic rings. The molecule has 0 aliphatic carbocycles. The van der Waals surface area contributed by atoms with Gasteiger partial charge in [0.05, 0.1) is 5.75 Å². The highest BCUT2D eigenvalue weighted by Gasteiger charge is 2.10. The molecule has 0 radical (unpaired) electrons. The van der Waals surface area contributed by atoms with Crippen molar-refractivity contribution in [1.29, 1.82) is 0 Å². The zero-order valence-electron chi connectivity index (χ0n) is 8.73. The quantitative estimate of drug-likeness (QED) is 0.816. The topological polar surface area (TPSA) is 59.2 Å². The average molecular weight is 216 g/mol. The van der Waals surface area contributed by atoms with Gasteiger partial charge < -0.3 is 9.63 Å². The molecule has 0 bridgehead atoms. The molecule has 0 aromatic carbocycles. The summed E-state index contributed by atoms with van der Waals surface area (Å²) in [7, 11) is 0. The summed E-state index contributed by atoms with van der Waals surface area (Å²) in [4.78, 5) is 4.06. The first-order valence-corrected chi connectivity index (χ1v) is 5.83. The fourth-order valence-corrected chi connectivity index (χ4v) is 1.77. The van der Waals surface area contributed by atoms with Gasteiger partial charge in [-0.25, -0.2) is 0 Å². The van der Waals surface area contributed by atoms with E-state index < -0.39 is 6.10 Å². The zero-order chi connectivity index (χ0) is 10.6. The lowest BCUT2D eigenvalue weighted by atomic mass is 10.3. The second kappa shape index (κ2) is 5.36. The minimum Gasteiger partial charge on any atom is -0.384 e. The molecule has 0 amide bonds. The SMILES string of the molecule is CC(C)CSCc1noc(C(C)O)n1. The normalized spacial score (nSPS) is 13.5. The van der Waals surface area contributed by atoms with Gasteiger partial charge in [0.1, 0.15) is 6.10 Å². The minimum absolute atomic E-state index is 0.296. The predicted octanol–water partition coefficient (Wildman–Crippen LogP) is 2.01. The zero-order valence-corrected chi connectivity index (χ0v) is 9.54. The van der Waals surface area contributed by atoms with E-state index in [1.54, 1.807) is 18.7 Å². The average Bonchev–Trinajstić information content (AvgIpc) is 2.52. The standard InChI is InChI=1S/C9H16N2O2S/c1-6(2)4-14-5-8-10-9(7(3)12)13-11-8/h6-7,12H,4-5H2,1-3H3. The second-order valence-electron chi connectivity index (χ2n) is 3.63. The van der Waals surface area contributed by atoms with Crippen LogP contribution < -0.4 is 0 Å². The number of aliphatic hydroxyl groups excluding tert-OH is 1. The van der Waals surface area contributed by atoms with E-state index in [9.17, 15) is 0 Å². The molecule has 14 heavy (non-hydrogen) atoms. The highest BCUT2D eigenvalue weighted by Crippen LogP contribution is 2.15. The Morgan fingerprint density at radius 1 is 1.43 bits per heavy atom. The molecule has 1 aromatic heterocycles. The lowest BCUT2D eigenvalue weighted by molar-refractivity contribution is 0.151. The maximum atomic E-state index is 9.15. The van der Waals surface area contributed by atoms with Gasteiger partial charge in [0.25, 0.3) is 5.89 Å². The van der Waals surface area contributed by atoms with E-state index in [4.69, 9.17) is 9.63 Å². The van der Waals surface area contributed by atoms with Crippen LogP contribution in [-0.2, 0) is 5.75 Å². The number of hydrogen-bond donors (Lipinski definition) is 1. The summed E-state index contributed by atoms with van der Waals surface area (Å²) >= 11 is 1.77. The number of hydrogen-bond acceptors (Lipinski definition) is 5. The summed E-state index contributed by atoms with van der Waals surface area (Å²) in [5.74, 6) is 3.45. The van der Waals surface area contributed by atoms with Crippen molar-refractivity contribution in [3.05, 3.63) is 11.7 Å². The Hall–Kier alpha value is -0.550. The summed E-state index contributed by atoms with van der Waals surface area (Å²) in [6, 6.07) is 0. The van der Waals surface area contributed by atoms with Crippen molar-refractivity contribution in [3.63, 3.8) is 0 Å². The first-order chi connectivity index (χ1) is 6.59. The first kappa shape index (κ1) is 11.5. The molecule has 1 rings (SSSR count). The molecule has 4 nitrogen and oxygen atoms in total. The van der Waals surface area contributed by atoms with E-state index in [2.05, 4.69) is 24.0 Å². The van der Waals surface area contributed by atoms with Crippen LogP contribution in [0.4, 0.5) is 0 Å². The van der Waals surface area contributed by atoms with Crippen LogP contribution in [0.1, 0.15) is 38.6 Å². The lowest BCUT2D eigenvalue weighted by Gasteiger charge is -2.00. The molecule has 1 atom stereocenters. The van der Waals surface area contributed by atoms with E-state index in [-0.39, 0.29) is 0 Å². The fourth-order valence-electron chi connectivity index (χ4n) is 0.882. The van der Waals surface area contributed by atoms with Crippen molar-refractivity contribution in [2.24, 2.45) is 5.92 Å². The van der Waals surface area contributed by atoms with Gasteiger partial charge in [-0.15, -0.1) is 0 Å². The molecule has 1 heterocycles. The lowest BCUT2D eigenvalue weighted by Crippen LogP contribution is -1.94. The van der Waals surface area contributed by atoms with Crippen LogP contribution in [0, 0.1) is 5.92 Å². The van der Waals surface area contributed by atoms with Crippen LogP contribution in [0.3, 0.4) is 0 Å². The van der Waals surface area contributed by atoms with Gasteiger partial charge in [-0.2, -0.15) is 16.7 Å². The van der Waals surface area contributed by atoms with Crippen molar-refractivity contribution in [2.75, 3.05) is 5.75 Å². The van der Waals surface area contributed by atoms with Crippen molar-refractivity contribution in [3.8, 4) is 0 Å². The van der Waals surface area contributed by atoms with Gasteiger partial charge in [0, 0.05) is 0 Å². The van der Waals surface area contributed by atoms with Crippen molar-refractivity contribution in [2.45, 2.75) is 32.6 Å². The molecule has 0 fully saturated rings. The molecule has 0 saturated carbocycles. The summed E-state index contributed by atoms with van der Waals surface area (Å²) < 4.78 is 4.86. The third-order valence-corrected chi connectivity index (χ3v) is 2.89. The molecular formula is C9H16N2O2S. The Morgan fingerprint density at radius 3 is 2.64 bits per heavy atom. The number of aromatic nitrogens is 2. The molecule has 1 N–H and O–H groups in total. The summed E-state index contributed by atoms with van der Waals surface area (Å²) in [5, 5.41) is 12.9. The molecule has 1 aromatic rings. The van der Waals surface area contributed by atoms with E-state index in [0.29, 0.717) is 17.6 Å². The van der Waals surface area contributed by atoms with E-state index in [1.165, 1.54) is 0 Å². The molecule has 1 unspecified atom stereocenters. The van der Waals surface area contributed by atoms with Gasteiger partial charge >= 0.3 is 0 Å². The smallest absolute Gasteiger partial charge is 0.255 e. The Labute approximate surface area is 88.1 Å². The highest BCUT2D eigenvalue weighted by atomic mass is 32.2. The van der Waals surface area contributed by atoms with Gasteiger partial charge in [0.2, 0.25) is 0 Å². The van der Waals surface area contributed by atoms with Crippen molar-refractivity contribution in [1.82, 2.24) is 10.1 Å². The Kier molecular flexibility index (Phi) is 4.41. The van der Waals surface area contributed by atoms with Crippen LogP contribution in [0.2, 0.25) is 0 Å². The van der Waals surface area contributed by atoms with E-state index >= 15 is 0 Å². The van der Waals surface area contributed by atoms with Crippen molar-refractivity contribution >= 4 is 11.8 Å². The van der Waals surface area contributed by atoms with Gasteiger partial charge in [-0.05, 0) is 18.6 Å². The van der Waals surface area contributed by atoms with Crippen LogP contribution in [0.25, 0.3) is 0 Å². The largest absolute Gasteiger partial charge is 0.384 e. The van der Waals surface area contributed by atoms with E-state index in [1.807, 2.05) is 0 Å². The molecular weight excluding hydrogens is 200 g/mol. The number of thioether (sulfide) groups is 1. The number of rotatable bonds is 5. The van der Waals surface area contributed by atoms with Crippen LogP contribution in [0.15, 0.2) is 4.52 Å². The van der Waals surface area contributed by atoms with Crippen molar-refractivity contribution < 1.29 is 9.63 Å². The summed E-state index contributed by atoms with van der Waals surface area (Å²) in [6.45, 7) is 5.95. The third kappa shape index (κ3) is 3.67. The molecule has 0 spiro atoms. The van der Waals surface area contributed by atoms with Gasteiger partial charge in [-0.1, -0.05) is 19.0 Å². The molecule has 0 aliphatic heterocycles. The fraction of sp³-hybridized carbons (Fsp3) is 0.778. The highest BCUT2D eigenvalue weighted by molar-refractivity contribution is 7.98. The monoisotopic (exact) mass is 216 g/mol. The van der Waals surface area contributed by atoms with Crippen LogP contribution >= 0.6 is 11.8 Å². The third-order valence-electron chi connectivity index (χ3n) is 1.52. The number of aliphatic hydroxyl groups is 1. The second-order valence-corrected chi connectivity index (χ2v) is 4.66. The predicted molar refractivity (Wildman–Crippen MR) is 55.9 cm³/mol. The summed E-state index contributed by atoms with van der Waals surface area (Å²) in [5.41, 5.74) is 0. The Morgan fingerprint density at radius 2 is 2.14 bits per heavy atom. The van der Waals surface area contributed by atoms with E-state index in [0.717, 1.165) is 11.5 Å². The molecule has 80 valence electrons. The summed E-state index contributed by atoms with van der Waals surface area (Å²) in [6.07, 6.45) is -0.675. The van der Waals surface area contributed by atoms with Crippen LogP contribution in [0.5, 0.6) is 0 Å². The van der Waals surface area contributed by atoms with Crippen LogP contribution in [-0.4, -0.2) is 21.0 Å². The first-order valence-electron chi connectivity index (χ1n) is 4.68. The van der Waals surface area contributed by atoms with Gasteiger partial charge in [0.15, 0.2) is 5.82 Å². The molecule has 5 heteroatoms. The minimum atomic E-state index is -0.675. The van der Waals surface area contributed by atoms with Gasteiger partial charge in [-0.3, -0.25) is 0 Å². The molecule has 0 saturated heterocycles. The Balaban J connectivity index is 2.36. The maximum absolute atomic E-state index is 9.15.